The number of benzene rings is 1. The number of rotatable bonds is 2. The van der Waals surface area contributed by atoms with Crippen molar-refractivity contribution in [2.24, 2.45) is 5.92 Å². The number of aromatic nitrogens is 1. The molecule has 4 heteroatoms. The molecular formula is C19H20N2O2. The molecule has 1 aromatic heterocycles. The maximum absolute atomic E-state index is 13.2. The Morgan fingerprint density at radius 2 is 2.09 bits per heavy atom. The molecule has 0 bridgehead atoms. The Labute approximate surface area is 136 Å². The predicted molar refractivity (Wildman–Crippen MR) is 88.2 cm³/mol. The van der Waals surface area contributed by atoms with Crippen LogP contribution in [0.4, 0.5) is 5.69 Å². The Morgan fingerprint density at radius 3 is 2.96 bits per heavy atom. The first kappa shape index (κ1) is 14.4. The summed E-state index contributed by atoms with van der Waals surface area (Å²) in [6.45, 7) is 1.47. The minimum absolute atomic E-state index is 0.106. The molecule has 1 aromatic carbocycles. The zero-order valence-electron chi connectivity index (χ0n) is 13.0. The number of carbonyl (C=O) groups is 1. The average Bonchev–Trinajstić information content (AvgIpc) is 3.06. The molecule has 0 radical (unpaired) electrons. The second-order valence-electron chi connectivity index (χ2n) is 6.20. The van der Waals surface area contributed by atoms with Gasteiger partial charge in [0, 0.05) is 31.2 Å². The monoisotopic (exact) mass is 308 g/mol. The third-order valence-corrected chi connectivity index (χ3v) is 4.81. The van der Waals surface area contributed by atoms with Gasteiger partial charge in [-0.3, -0.25) is 9.78 Å². The van der Waals surface area contributed by atoms with Crippen LogP contribution in [0.15, 0.2) is 48.8 Å². The quantitative estimate of drug-likeness (QED) is 0.856. The molecule has 0 saturated carbocycles. The van der Waals surface area contributed by atoms with Gasteiger partial charge in [0.15, 0.2) is 0 Å². The molecule has 2 aliphatic rings. The van der Waals surface area contributed by atoms with E-state index in [9.17, 15) is 4.79 Å². The molecule has 1 saturated heterocycles. The molecule has 2 aliphatic heterocycles. The van der Waals surface area contributed by atoms with Crippen LogP contribution in [0.2, 0.25) is 0 Å². The van der Waals surface area contributed by atoms with Gasteiger partial charge in [-0.2, -0.15) is 0 Å². The van der Waals surface area contributed by atoms with Gasteiger partial charge < -0.3 is 9.64 Å². The minimum Gasteiger partial charge on any atom is -0.373 e. The normalized spacial score (nSPS) is 23.6. The first-order valence-corrected chi connectivity index (χ1v) is 8.25. The molecule has 118 valence electrons. The van der Waals surface area contributed by atoms with Crippen LogP contribution < -0.4 is 4.90 Å². The SMILES string of the molecule is O=C([C@@H]1CCCO[C@@H]1c1ccccc1)N1CCc2cnccc21. The number of fused-ring (bicyclic) bond motifs is 1. The standard InChI is InChI=1S/C19H20N2O2/c22-19(21-11-9-15-13-20-10-8-17(15)21)16-7-4-12-23-18(16)14-5-2-1-3-6-14/h1-3,5-6,8,10,13,16,18H,4,7,9,11-12H2/t16-,18-/m1/s1. The van der Waals surface area contributed by atoms with E-state index in [1.54, 1.807) is 6.20 Å². The Balaban J connectivity index is 1.62. The van der Waals surface area contributed by atoms with Crippen LogP contribution in [0, 0.1) is 5.92 Å². The topological polar surface area (TPSA) is 42.4 Å². The lowest BCUT2D eigenvalue weighted by atomic mass is 9.88. The second kappa shape index (κ2) is 6.13. The molecule has 0 N–H and O–H groups in total. The highest BCUT2D eigenvalue weighted by atomic mass is 16.5. The van der Waals surface area contributed by atoms with Gasteiger partial charge in [0.1, 0.15) is 0 Å². The van der Waals surface area contributed by atoms with Crippen molar-refractivity contribution < 1.29 is 9.53 Å². The van der Waals surface area contributed by atoms with E-state index in [-0.39, 0.29) is 17.9 Å². The van der Waals surface area contributed by atoms with Gasteiger partial charge in [-0.25, -0.2) is 0 Å². The summed E-state index contributed by atoms with van der Waals surface area (Å²) in [5, 5.41) is 0. The van der Waals surface area contributed by atoms with Crippen LogP contribution in [0.3, 0.4) is 0 Å². The molecule has 3 heterocycles. The van der Waals surface area contributed by atoms with E-state index in [0.717, 1.165) is 49.2 Å². The van der Waals surface area contributed by atoms with Crippen LogP contribution >= 0.6 is 0 Å². The van der Waals surface area contributed by atoms with E-state index >= 15 is 0 Å². The van der Waals surface area contributed by atoms with E-state index in [4.69, 9.17) is 4.74 Å². The summed E-state index contributed by atoms with van der Waals surface area (Å²) in [5.41, 5.74) is 3.27. The van der Waals surface area contributed by atoms with E-state index in [2.05, 4.69) is 17.1 Å². The Bertz CT molecular complexity index is 702. The Hall–Kier alpha value is -2.20. The number of hydrogen-bond acceptors (Lipinski definition) is 3. The van der Waals surface area contributed by atoms with Crippen molar-refractivity contribution in [3.8, 4) is 0 Å². The molecule has 2 atom stereocenters. The average molecular weight is 308 g/mol. The zero-order valence-corrected chi connectivity index (χ0v) is 13.0. The number of ether oxygens (including phenoxy) is 1. The van der Waals surface area contributed by atoms with Crippen molar-refractivity contribution in [1.82, 2.24) is 4.98 Å². The lowest BCUT2D eigenvalue weighted by Gasteiger charge is -2.34. The summed E-state index contributed by atoms with van der Waals surface area (Å²) in [6.07, 6.45) is 6.21. The number of nitrogens with zero attached hydrogens (tertiary/aromatic N) is 2. The predicted octanol–water partition coefficient (Wildman–Crippen LogP) is 3.14. The highest BCUT2D eigenvalue weighted by molar-refractivity contribution is 5.97. The van der Waals surface area contributed by atoms with Crippen LogP contribution in [0.25, 0.3) is 0 Å². The summed E-state index contributed by atoms with van der Waals surface area (Å²) in [6, 6.07) is 12.1. The fourth-order valence-electron chi connectivity index (χ4n) is 3.66. The molecule has 2 aromatic rings. The van der Waals surface area contributed by atoms with Gasteiger partial charge in [0.05, 0.1) is 12.0 Å². The van der Waals surface area contributed by atoms with Crippen molar-refractivity contribution in [1.29, 1.82) is 0 Å². The fourth-order valence-corrected chi connectivity index (χ4v) is 3.66. The molecule has 0 aliphatic carbocycles. The number of anilines is 1. The van der Waals surface area contributed by atoms with E-state index in [0.29, 0.717) is 0 Å². The largest absolute Gasteiger partial charge is 0.373 e. The first-order valence-electron chi connectivity index (χ1n) is 8.25. The number of amides is 1. The third kappa shape index (κ3) is 2.63. The molecule has 23 heavy (non-hydrogen) atoms. The van der Waals surface area contributed by atoms with Gasteiger partial charge in [0.2, 0.25) is 5.91 Å². The summed E-state index contributed by atoms with van der Waals surface area (Å²) in [5.74, 6) is 0.0776. The lowest BCUT2D eigenvalue weighted by Crippen LogP contribution is -2.40. The van der Waals surface area contributed by atoms with Gasteiger partial charge >= 0.3 is 0 Å². The minimum atomic E-state index is -0.136. The number of hydrogen-bond donors (Lipinski definition) is 0. The van der Waals surface area contributed by atoms with Gasteiger partial charge in [-0.1, -0.05) is 30.3 Å². The molecule has 1 amide bonds. The summed E-state index contributed by atoms with van der Waals surface area (Å²) in [4.78, 5) is 19.3. The molecule has 4 nitrogen and oxygen atoms in total. The number of pyridine rings is 1. The zero-order chi connectivity index (χ0) is 15.6. The molecule has 4 rings (SSSR count). The maximum atomic E-state index is 13.2. The highest BCUT2D eigenvalue weighted by Crippen LogP contribution is 2.37. The Kier molecular flexibility index (Phi) is 3.83. The van der Waals surface area contributed by atoms with Crippen LogP contribution in [0.1, 0.15) is 30.1 Å². The second-order valence-corrected chi connectivity index (χ2v) is 6.20. The third-order valence-electron chi connectivity index (χ3n) is 4.81. The van der Waals surface area contributed by atoms with Gasteiger partial charge in [0.25, 0.3) is 0 Å². The van der Waals surface area contributed by atoms with E-state index in [1.807, 2.05) is 35.4 Å². The maximum Gasteiger partial charge on any atom is 0.233 e. The van der Waals surface area contributed by atoms with Crippen molar-refractivity contribution in [3.05, 3.63) is 59.9 Å². The van der Waals surface area contributed by atoms with Crippen LogP contribution in [-0.2, 0) is 16.0 Å². The molecule has 1 fully saturated rings. The highest BCUT2D eigenvalue weighted by Gasteiger charge is 2.37. The van der Waals surface area contributed by atoms with E-state index < -0.39 is 0 Å². The number of carbonyl (C=O) groups excluding carboxylic acids is 1. The molecule has 0 spiro atoms. The van der Waals surface area contributed by atoms with Gasteiger partial charge in [-0.15, -0.1) is 0 Å². The first-order chi connectivity index (χ1) is 11.3. The van der Waals surface area contributed by atoms with Gasteiger partial charge in [-0.05, 0) is 36.5 Å². The summed E-state index contributed by atoms with van der Waals surface area (Å²) in [7, 11) is 0. The van der Waals surface area contributed by atoms with Crippen molar-refractivity contribution in [3.63, 3.8) is 0 Å². The summed E-state index contributed by atoms with van der Waals surface area (Å²) < 4.78 is 5.99. The smallest absolute Gasteiger partial charge is 0.233 e. The summed E-state index contributed by atoms with van der Waals surface area (Å²) >= 11 is 0. The molecular weight excluding hydrogens is 288 g/mol. The van der Waals surface area contributed by atoms with Crippen molar-refractivity contribution in [2.75, 3.05) is 18.1 Å². The Morgan fingerprint density at radius 1 is 1.22 bits per heavy atom. The lowest BCUT2D eigenvalue weighted by molar-refractivity contribution is -0.131. The van der Waals surface area contributed by atoms with Crippen molar-refractivity contribution in [2.45, 2.75) is 25.4 Å². The fraction of sp³-hybridized carbons (Fsp3) is 0.368. The van der Waals surface area contributed by atoms with Crippen LogP contribution in [0.5, 0.6) is 0 Å². The van der Waals surface area contributed by atoms with Crippen LogP contribution in [-0.4, -0.2) is 24.0 Å². The van der Waals surface area contributed by atoms with Crippen molar-refractivity contribution >= 4 is 11.6 Å². The van der Waals surface area contributed by atoms with E-state index in [1.165, 1.54) is 0 Å². The molecule has 0 unspecified atom stereocenters.